The van der Waals surface area contributed by atoms with Crippen molar-refractivity contribution in [2.24, 2.45) is 0 Å². The summed E-state index contributed by atoms with van der Waals surface area (Å²) in [5.74, 6) is 0.0640. The fourth-order valence-corrected chi connectivity index (χ4v) is 4.34. The molecule has 1 N–H and O–H groups in total. The Labute approximate surface area is 191 Å². The Morgan fingerprint density at radius 2 is 1.59 bits per heavy atom. The van der Waals surface area contributed by atoms with Crippen LogP contribution in [0.25, 0.3) is 0 Å². The van der Waals surface area contributed by atoms with E-state index in [0.29, 0.717) is 17.8 Å². The number of nitrogens with zero attached hydrogens (tertiary/aromatic N) is 1. The van der Waals surface area contributed by atoms with Gasteiger partial charge in [0, 0.05) is 12.1 Å². The molecule has 0 spiro atoms. The van der Waals surface area contributed by atoms with Crippen molar-refractivity contribution in [1.82, 2.24) is 5.32 Å². The van der Waals surface area contributed by atoms with Crippen molar-refractivity contribution in [3.05, 3.63) is 101 Å². The highest BCUT2D eigenvalue weighted by atomic mass is 32.2. The van der Waals surface area contributed by atoms with Gasteiger partial charge in [0.25, 0.3) is 5.91 Å². The lowest BCUT2D eigenvalue weighted by molar-refractivity contribution is 0.0951. The Bertz CT molecular complexity index is 1170. The number of anilines is 1. The van der Waals surface area contributed by atoms with Crippen LogP contribution < -0.4 is 9.62 Å². The molecule has 0 bridgehead atoms. The van der Waals surface area contributed by atoms with Gasteiger partial charge in [0.1, 0.15) is 0 Å². The molecule has 0 aromatic heterocycles. The van der Waals surface area contributed by atoms with E-state index >= 15 is 0 Å². The molecule has 3 aromatic rings. The van der Waals surface area contributed by atoms with E-state index in [9.17, 15) is 13.2 Å². The lowest BCUT2D eigenvalue weighted by Gasteiger charge is -2.23. The zero-order chi connectivity index (χ0) is 23.3. The molecule has 32 heavy (non-hydrogen) atoms. The van der Waals surface area contributed by atoms with Gasteiger partial charge in [-0.05, 0) is 66.3 Å². The van der Waals surface area contributed by atoms with Crippen LogP contribution in [0.5, 0.6) is 0 Å². The summed E-state index contributed by atoms with van der Waals surface area (Å²) >= 11 is 0. The topological polar surface area (TPSA) is 66.5 Å². The number of carbonyl (C=O) groups excluding carboxylic acids is 1. The Hall–Kier alpha value is -3.12. The molecule has 1 atom stereocenters. The molecule has 168 valence electrons. The summed E-state index contributed by atoms with van der Waals surface area (Å²) in [5, 5.41) is 2.97. The van der Waals surface area contributed by atoms with Crippen LogP contribution in [-0.2, 0) is 16.6 Å². The molecule has 3 rings (SSSR count). The van der Waals surface area contributed by atoms with Gasteiger partial charge in [-0.3, -0.25) is 9.10 Å². The lowest BCUT2D eigenvalue weighted by atomic mass is 10.0. The number of amides is 1. The van der Waals surface area contributed by atoms with E-state index in [1.165, 1.54) is 16.1 Å². The Morgan fingerprint density at radius 1 is 0.938 bits per heavy atom. The number of carbonyl (C=O) groups is 1. The summed E-state index contributed by atoms with van der Waals surface area (Å²) in [6.45, 7) is 6.78. The first-order valence-electron chi connectivity index (χ1n) is 10.6. The smallest absolute Gasteiger partial charge is 0.251 e. The highest BCUT2D eigenvalue weighted by Gasteiger charge is 2.19. The van der Waals surface area contributed by atoms with Crippen LogP contribution >= 0.6 is 0 Å². The largest absolute Gasteiger partial charge is 0.351 e. The zero-order valence-corrected chi connectivity index (χ0v) is 19.8. The second-order valence-electron chi connectivity index (χ2n) is 8.26. The number of hydrogen-bond donors (Lipinski definition) is 1. The van der Waals surface area contributed by atoms with Gasteiger partial charge < -0.3 is 5.32 Å². The standard InChI is InChI=1S/C26H30N2O3S/c1-19-10-15-25(16-20(19)2)28(32(4,30)31)18-22-11-13-24(14-12-22)26(29)27-17-21(3)23-8-6-5-7-9-23/h5-16,21H,17-18H2,1-4H3,(H,27,29)/t21-/m0/s1. The summed E-state index contributed by atoms with van der Waals surface area (Å²) in [5.41, 5.74) is 5.31. The number of sulfonamides is 1. The minimum absolute atomic E-state index is 0.145. The molecule has 0 aliphatic heterocycles. The monoisotopic (exact) mass is 450 g/mol. The summed E-state index contributed by atoms with van der Waals surface area (Å²) in [4.78, 5) is 12.5. The molecule has 0 heterocycles. The van der Waals surface area contributed by atoms with Crippen LogP contribution in [0.3, 0.4) is 0 Å². The maximum atomic E-state index is 12.5. The molecule has 1 amide bonds. The van der Waals surface area contributed by atoms with Crippen molar-refractivity contribution in [2.45, 2.75) is 33.2 Å². The average molecular weight is 451 g/mol. The third kappa shape index (κ3) is 5.98. The Balaban J connectivity index is 1.68. The number of rotatable bonds is 8. The van der Waals surface area contributed by atoms with Gasteiger partial charge in [0.2, 0.25) is 10.0 Å². The van der Waals surface area contributed by atoms with Gasteiger partial charge in [0.05, 0.1) is 18.5 Å². The number of hydrogen-bond acceptors (Lipinski definition) is 3. The third-order valence-electron chi connectivity index (χ3n) is 5.66. The first kappa shape index (κ1) is 23.5. The van der Waals surface area contributed by atoms with Crippen molar-refractivity contribution in [3.8, 4) is 0 Å². The summed E-state index contributed by atoms with van der Waals surface area (Å²) in [7, 11) is -3.46. The lowest BCUT2D eigenvalue weighted by Crippen LogP contribution is -2.29. The van der Waals surface area contributed by atoms with E-state index in [1.807, 2.05) is 50.2 Å². The van der Waals surface area contributed by atoms with Gasteiger partial charge in [-0.2, -0.15) is 0 Å². The van der Waals surface area contributed by atoms with Crippen LogP contribution in [0.1, 0.15) is 45.5 Å². The van der Waals surface area contributed by atoms with Gasteiger partial charge in [0.15, 0.2) is 0 Å². The van der Waals surface area contributed by atoms with E-state index in [2.05, 4.69) is 24.4 Å². The van der Waals surface area contributed by atoms with E-state index in [-0.39, 0.29) is 18.4 Å². The molecule has 0 saturated heterocycles. The summed E-state index contributed by atoms with van der Waals surface area (Å²) in [6, 6.07) is 22.7. The summed E-state index contributed by atoms with van der Waals surface area (Å²) < 4.78 is 26.3. The molecule has 0 aliphatic carbocycles. The van der Waals surface area contributed by atoms with Crippen molar-refractivity contribution < 1.29 is 13.2 Å². The third-order valence-corrected chi connectivity index (χ3v) is 6.80. The van der Waals surface area contributed by atoms with Crippen molar-refractivity contribution in [3.63, 3.8) is 0 Å². The number of nitrogens with one attached hydrogen (secondary N) is 1. The minimum Gasteiger partial charge on any atom is -0.351 e. The normalized spacial score (nSPS) is 12.2. The number of aryl methyl sites for hydroxylation is 2. The molecule has 0 saturated carbocycles. The van der Waals surface area contributed by atoms with Crippen LogP contribution in [-0.4, -0.2) is 27.1 Å². The molecule has 6 heteroatoms. The second-order valence-corrected chi connectivity index (χ2v) is 10.2. The van der Waals surface area contributed by atoms with Crippen LogP contribution in [0, 0.1) is 13.8 Å². The fraction of sp³-hybridized carbons (Fsp3) is 0.269. The van der Waals surface area contributed by atoms with Gasteiger partial charge >= 0.3 is 0 Å². The van der Waals surface area contributed by atoms with E-state index in [1.54, 1.807) is 24.3 Å². The quantitative estimate of drug-likeness (QED) is 0.536. The molecular weight excluding hydrogens is 420 g/mol. The molecule has 0 aliphatic rings. The van der Waals surface area contributed by atoms with Gasteiger partial charge in [-0.15, -0.1) is 0 Å². The van der Waals surface area contributed by atoms with Crippen molar-refractivity contribution in [1.29, 1.82) is 0 Å². The summed E-state index contributed by atoms with van der Waals surface area (Å²) in [6.07, 6.45) is 1.21. The Kier molecular flexibility index (Phi) is 7.36. The molecule has 5 nitrogen and oxygen atoms in total. The van der Waals surface area contributed by atoms with E-state index in [4.69, 9.17) is 0 Å². The molecule has 0 radical (unpaired) electrons. The maximum Gasteiger partial charge on any atom is 0.251 e. The van der Waals surface area contributed by atoms with Crippen LogP contribution in [0.4, 0.5) is 5.69 Å². The fourth-order valence-electron chi connectivity index (χ4n) is 3.46. The highest BCUT2D eigenvalue weighted by molar-refractivity contribution is 7.92. The van der Waals surface area contributed by atoms with Crippen molar-refractivity contribution >= 4 is 21.6 Å². The minimum atomic E-state index is -3.46. The zero-order valence-electron chi connectivity index (χ0n) is 19.0. The number of benzene rings is 3. The van der Waals surface area contributed by atoms with E-state index < -0.39 is 10.0 Å². The predicted molar refractivity (Wildman–Crippen MR) is 131 cm³/mol. The SMILES string of the molecule is Cc1ccc(N(Cc2ccc(C(=O)NC[C@H](C)c3ccccc3)cc2)S(C)(=O)=O)cc1C. The van der Waals surface area contributed by atoms with E-state index in [0.717, 1.165) is 16.7 Å². The van der Waals surface area contributed by atoms with Crippen LogP contribution in [0.15, 0.2) is 72.8 Å². The average Bonchev–Trinajstić information content (AvgIpc) is 2.78. The maximum absolute atomic E-state index is 12.5. The van der Waals surface area contributed by atoms with Crippen molar-refractivity contribution in [2.75, 3.05) is 17.1 Å². The predicted octanol–water partition coefficient (Wildman–Crippen LogP) is 4.80. The molecular formula is C26H30N2O3S. The molecule has 3 aromatic carbocycles. The molecule has 0 fully saturated rings. The first-order valence-corrected chi connectivity index (χ1v) is 12.5. The van der Waals surface area contributed by atoms with Gasteiger partial charge in [-0.1, -0.05) is 55.5 Å². The second kappa shape index (κ2) is 10.0. The van der Waals surface area contributed by atoms with Gasteiger partial charge in [-0.25, -0.2) is 8.42 Å². The highest BCUT2D eigenvalue weighted by Crippen LogP contribution is 2.23. The molecule has 0 unspecified atom stereocenters. The van der Waals surface area contributed by atoms with Crippen LogP contribution in [0.2, 0.25) is 0 Å². The Morgan fingerprint density at radius 3 is 2.19 bits per heavy atom. The first-order chi connectivity index (χ1) is 15.1.